The maximum absolute atomic E-state index is 13.8. The number of ether oxygens (including phenoxy) is 1. The van der Waals surface area contributed by atoms with Crippen LogP contribution in [0.25, 0.3) is 0 Å². The van der Waals surface area contributed by atoms with Gasteiger partial charge in [0.25, 0.3) is 0 Å². The van der Waals surface area contributed by atoms with Crippen LogP contribution < -0.4 is 10.6 Å². The first-order valence-electron chi connectivity index (χ1n) is 12.8. The molecule has 3 amide bonds. The molecule has 1 aromatic carbocycles. The standard InChI is InChI=1S/C27H45N3O4S/c1-7-9-11-17-28-24(31)23(21-15-13-20(3)14-16-21)30(18-12-10-8-2)25(32)22(19-35)29-26(33)34-27(4,5)6/h13-16,22-23,35H,7-12,17-19H2,1-6H3,(H,28,31)(H,29,33). The predicted molar refractivity (Wildman–Crippen MR) is 145 cm³/mol. The topological polar surface area (TPSA) is 87.7 Å². The minimum atomic E-state index is -0.921. The third-order valence-electron chi connectivity index (χ3n) is 5.49. The van der Waals surface area contributed by atoms with Gasteiger partial charge in [-0.3, -0.25) is 9.59 Å². The van der Waals surface area contributed by atoms with E-state index in [0.717, 1.165) is 49.7 Å². The van der Waals surface area contributed by atoms with Gasteiger partial charge in [0.1, 0.15) is 17.7 Å². The molecule has 198 valence electrons. The van der Waals surface area contributed by atoms with Gasteiger partial charge in [0.15, 0.2) is 0 Å². The van der Waals surface area contributed by atoms with Gasteiger partial charge in [0.2, 0.25) is 11.8 Å². The number of alkyl carbamates (subject to hydrolysis) is 1. The van der Waals surface area contributed by atoms with Crippen molar-refractivity contribution in [3.63, 3.8) is 0 Å². The van der Waals surface area contributed by atoms with E-state index in [-0.39, 0.29) is 17.6 Å². The fourth-order valence-corrected chi connectivity index (χ4v) is 3.89. The molecule has 2 atom stereocenters. The number of nitrogens with zero attached hydrogens (tertiary/aromatic N) is 1. The molecule has 2 N–H and O–H groups in total. The summed E-state index contributed by atoms with van der Waals surface area (Å²) in [5, 5.41) is 5.67. The number of hydrogen-bond acceptors (Lipinski definition) is 5. The van der Waals surface area contributed by atoms with Gasteiger partial charge in [-0.1, -0.05) is 69.4 Å². The van der Waals surface area contributed by atoms with Crippen LogP contribution in [-0.4, -0.2) is 53.3 Å². The molecule has 0 aromatic heterocycles. The summed E-state index contributed by atoms with van der Waals surface area (Å²) in [5.41, 5.74) is 1.11. The summed E-state index contributed by atoms with van der Waals surface area (Å²) in [5.74, 6) is -0.484. The zero-order valence-electron chi connectivity index (χ0n) is 22.4. The lowest BCUT2D eigenvalue weighted by Gasteiger charge is -2.34. The normalized spacial score (nSPS) is 13.0. The third kappa shape index (κ3) is 11.4. The molecule has 0 spiro atoms. The van der Waals surface area contributed by atoms with E-state index in [4.69, 9.17) is 4.74 Å². The van der Waals surface area contributed by atoms with Crippen LogP contribution in [0, 0.1) is 6.92 Å². The Balaban J connectivity index is 3.28. The van der Waals surface area contributed by atoms with Gasteiger partial charge in [-0.2, -0.15) is 12.6 Å². The van der Waals surface area contributed by atoms with Crippen molar-refractivity contribution in [2.75, 3.05) is 18.8 Å². The second kappa shape index (κ2) is 15.7. The quantitative estimate of drug-likeness (QED) is 0.239. The molecular weight excluding hydrogens is 462 g/mol. The zero-order valence-corrected chi connectivity index (χ0v) is 23.2. The highest BCUT2D eigenvalue weighted by Gasteiger charge is 2.35. The monoisotopic (exact) mass is 507 g/mol. The molecule has 0 saturated carbocycles. The molecule has 2 unspecified atom stereocenters. The van der Waals surface area contributed by atoms with Crippen molar-refractivity contribution in [3.8, 4) is 0 Å². The number of nitrogens with one attached hydrogen (secondary N) is 2. The van der Waals surface area contributed by atoms with Gasteiger partial charge in [-0.15, -0.1) is 0 Å². The summed E-state index contributed by atoms with van der Waals surface area (Å²) in [6.07, 6.45) is 4.93. The first-order chi connectivity index (χ1) is 16.5. The van der Waals surface area contributed by atoms with Crippen LogP contribution >= 0.6 is 12.6 Å². The number of thiol groups is 1. The molecule has 0 heterocycles. The molecule has 0 aliphatic heterocycles. The Morgan fingerprint density at radius 3 is 2.14 bits per heavy atom. The molecular formula is C27H45N3O4S. The Bertz CT molecular complexity index is 793. The highest BCUT2D eigenvalue weighted by atomic mass is 32.1. The van der Waals surface area contributed by atoms with Crippen LogP contribution in [-0.2, 0) is 14.3 Å². The highest BCUT2D eigenvalue weighted by Crippen LogP contribution is 2.24. The van der Waals surface area contributed by atoms with Gasteiger partial charge < -0.3 is 20.3 Å². The lowest BCUT2D eigenvalue weighted by atomic mass is 10.0. The molecule has 1 aromatic rings. The van der Waals surface area contributed by atoms with E-state index in [9.17, 15) is 14.4 Å². The number of benzene rings is 1. The molecule has 0 radical (unpaired) electrons. The number of hydrogen-bond donors (Lipinski definition) is 3. The van der Waals surface area contributed by atoms with Crippen molar-refractivity contribution in [2.45, 2.75) is 97.8 Å². The average Bonchev–Trinajstić information content (AvgIpc) is 2.79. The van der Waals surface area contributed by atoms with Crippen molar-refractivity contribution in [2.24, 2.45) is 0 Å². The van der Waals surface area contributed by atoms with Gasteiger partial charge in [0.05, 0.1) is 0 Å². The average molecular weight is 508 g/mol. The first kappa shape index (κ1) is 30.8. The van der Waals surface area contributed by atoms with E-state index >= 15 is 0 Å². The molecule has 0 fully saturated rings. The van der Waals surface area contributed by atoms with Crippen LogP contribution in [0.3, 0.4) is 0 Å². The molecule has 0 bridgehead atoms. The van der Waals surface area contributed by atoms with Crippen LogP contribution in [0.5, 0.6) is 0 Å². The number of rotatable bonds is 14. The van der Waals surface area contributed by atoms with Crippen molar-refractivity contribution in [1.29, 1.82) is 0 Å². The predicted octanol–water partition coefficient (Wildman–Crippen LogP) is 5.18. The summed E-state index contributed by atoms with van der Waals surface area (Å²) < 4.78 is 5.35. The van der Waals surface area contributed by atoms with Crippen molar-refractivity contribution in [3.05, 3.63) is 35.4 Å². The number of carbonyl (C=O) groups is 3. The van der Waals surface area contributed by atoms with E-state index < -0.39 is 23.8 Å². The van der Waals surface area contributed by atoms with Gasteiger partial charge in [-0.25, -0.2) is 4.79 Å². The van der Waals surface area contributed by atoms with Crippen LogP contribution in [0.15, 0.2) is 24.3 Å². The van der Waals surface area contributed by atoms with E-state index in [1.165, 1.54) is 0 Å². The minimum Gasteiger partial charge on any atom is -0.444 e. The highest BCUT2D eigenvalue weighted by molar-refractivity contribution is 7.80. The fourth-order valence-electron chi connectivity index (χ4n) is 3.64. The van der Waals surface area contributed by atoms with Crippen LogP contribution in [0.4, 0.5) is 4.79 Å². The van der Waals surface area contributed by atoms with E-state index in [0.29, 0.717) is 13.1 Å². The smallest absolute Gasteiger partial charge is 0.408 e. The summed E-state index contributed by atoms with van der Waals surface area (Å²) in [6, 6.07) is 5.94. The number of carbonyl (C=O) groups excluding carboxylic acids is 3. The summed E-state index contributed by atoms with van der Waals surface area (Å²) in [7, 11) is 0. The Labute approximate surface area is 217 Å². The van der Waals surface area contributed by atoms with Crippen molar-refractivity contribution >= 4 is 30.5 Å². The van der Waals surface area contributed by atoms with E-state index in [2.05, 4.69) is 37.1 Å². The third-order valence-corrected chi connectivity index (χ3v) is 5.86. The van der Waals surface area contributed by atoms with Crippen molar-refractivity contribution in [1.82, 2.24) is 15.5 Å². The zero-order chi connectivity index (χ0) is 26.4. The molecule has 0 saturated heterocycles. The van der Waals surface area contributed by atoms with E-state index in [1.54, 1.807) is 25.7 Å². The largest absolute Gasteiger partial charge is 0.444 e. The van der Waals surface area contributed by atoms with E-state index in [1.807, 2.05) is 31.2 Å². The SMILES string of the molecule is CCCCCNC(=O)C(c1ccc(C)cc1)N(CCCCC)C(=O)C(CS)NC(=O)OC(C)(C)C. The molecule has 8 heteroatoms. The maximum atomic E-state index is 13.8. The number of amides is 3. The van der Waals surface area contributed by atoms with Crippen LogP contribution in [0.1, 0.15) is 90.3 Å². The number of aryl methyl sites for hydroxylation is 1. The lowest BCUT2D eigenvalue weighted by Crippen LogP contribution is -2.54. The van der Waals surface area contributed by atoms with Crippen molar-refractivity contribution < 1.29 is 19.1 Å². The second-order valence-electron chi connectivity index (χ2n) is 9.93. The van der Waals surface area contributed by atoms with Gasteiger partial charge in [0, 0.05) is 18.8 Å². The molecule has 0 aliphatic rings. The first-order valence-corrected chi connectivity index (χ1v) is 13.4. The Morgan fingerprint density at radius 2 is 1.60 bits per heavy atom. The molecule has 35 heavy (non-hydrogen) atoms. The Kier molecular flexibility index (Phi) is 13.8. The molecule has 1 rings (SSSR count). The summed E-state index contributed by atoms with van der Waals surface area (Å²) >= 11 is 4.33. The van der Waals surface area contributed by atoms with Crippen LogP contribution in [0.2, 0.25) is 0 Å². The molecule has 0 aliphatic carbocycles. The fraction of sp³-hybridized carbons (Fsp3) is 0.667. The Morgan fingerprint density at radius 1 is 1.00 bits per heavy atom. The maximum Gasteiger partial charge on any atom is 0.408 e. The van der Waals surface area contributed by atoms with Gasteiger partial charge in [-0.05, 0) is 46.1 Å². The second-order valence-corrected chi connectivity index (χ2v) is 10.3. The minimum absolute atomic E-state index is 0.0844. The molecule has 7 nitrogen and oxygen atoms in total. The lowest BCUT2D eigenvalue weighted by molar-refractivity contribution is -0.142. The summed E-state index contributed by atoms with van der Waals surface area (Å²) in [4.78, 5) is 41.2. The summed E-state index contributed by atoms with van der Waals surface area (Å²) in [6.45, 7) is 12.4. The number of unbranched alkanes of at least 4 members (excludes halogenated alkanes) is 4. The Hall–Kier alpha value is -2.22. The van der Waals surface area contributed by atoms with Gasteiger partial charge >= 0.3 is 6.09 Å².